The van der Waals surface area contributed by atoms with Gasteiger partial charge >= 0.3 is 0 Å². The molecule has 17 heavy (non-hydrogen) atoms. The van der Waals surface area contributed by atoms with Crippen molar-refractivity contribution in [1.82, 2.24) is 5.32 Å². The van der Waals surface area contributed by atoms with Gasteiger partial charge in [0.1, 0.15) is 5.82 Å². The van der Waals surface area contributed by atoms with Crippen LogP contribution in [0.3, 0.4) is 0 Å². The van der Waals surface area contributed by atoms with Gasteiger partial charge in [0.2, 0.25) is 0 Å². The van der Waals surface area contributed by atoms with Gasteiger partial charge in [-0.25, -0.2) is 8.60 Å². The van der Waals surface area contributed by atoms with Crippen LogP contribution in [0, 0.1) is 5.82 Å². The lowest BCUT2D eigenvalue weighted by Gasteiger charge is -2.31. The molecule has 1 aliphatic rings. The Bertz CT molecular complexity index is 422. The van der Waals surface area contributed by atoms with Gasteiger partial charge in [-0.05, 0) is 23.8 Å². The summed E-state index contributed by atoms with van der Waals surface area (Å²) in [5.74, 6) is -0.402. The summed E-state index contributed by atoms with van der Waals surface area (Å²) in [7, 11) is 0. The van der Waals surface area contributed by atoms with Crippen LogP contribution >= 0.6 is 0 Å². The molecule has 4 nitrogen and oxygen atoms in total. The fourth-order valence-electron chi connectivity index (χ4n) is 2.02. The molecule has 1 aromatic carbocycles. The maximum atomic E-state index is 13.2. The number of hydrogen-bond acceptors (Lipinski definition) is 3. The minimum absolute atomic E-state index is 0.0307. The lowest BCUT2D eigenvalue weighted by atomic mass is 10.1. The van der Waals surface area contributed by atoms with Crippen LogP contribution in [0.2, 0.25) is 0 Å². The Morgan fingerprint density at radius 3 is 2.76 bits per heavy atom. The summed E-state index contributed by atoms with van der Waals surface area (Å²) in [5, 5.41) is 3.23. The van der Waals surface area contributed by atoms with Gasteiger partial charge in [0.25, 0.3) is 0 Å². The van der Waals surface area contributed by atoms with E-state index in [9.17, 15) is 8.60 Å². The van der Waals surface area contributed by atoms with Crippen LogP contribution in [0.5, 0.6) is 0 Å². The molecule has 1 fully saturated rings. The van der Waals surface area contributed by atoms with Crippen LogP contribution in [0.15, 0.2) is 18.2 Å². The van der Waals surface area contributed by atoms with Gasteiger partial charge in [0.15, 0.2) is 11.1 Å². The van der Waals surface area contributed by atoms with E-state index in [1.165, 1.54) is 12.1 Å². The molecular weight excluding hydrogens is 243 g/mol. The van der Waals surface area contributed by atoms with E-state index in [-0.39, 0.29) is 11.6 Å². The third kappa shape index (κ3) is 3.24. The molecule has 0 bridgehead atoms. The summed E-state index contributed by atoms with van der Waals surface area (Å²) in [6.07, 6.45) is 0. The smallest absolute Gasteiger partial charge is 0.157 e. The summed E-state index contributed by atoms with van der Waals surface area (Å²) in [5.41, 5.74) is 1.45. The van der Waals surface area contributed by atoms with Gasteiger partial charge in [0, 0.05) is 31.9 Å². The topological polar surface area (TPSA) is 52.6 Å². The Balaban J connectivity index is 2.27. The first-order valence-electron chi connectivity index (χ1n) is 5.48. The lowest BCUT2D eigenvalue weighted by Crippen LogP contribution is -2.43. The fourth-order valence-corrected chi connectivity index (χ4v) is 2.51. The predicted molar refractivity (Wildman–Crippen MR) is 66.0 cm³/mol. The van der Waals surface area contributed by atoms with E-state index in [1.807, 2.05) is 0 Å². The maximum absolute atomic E-state index is 13.2. The van der Waals surface area contributed by atoms with E-state index < -0.39 is 11.1 Å². The van der Waals surface area contributed by atoms with Crippen molar-refractivity contribution in [2.75, 3.05) is 31.1 Å². The molecule has 2 rings (SSSR count). The highest BCUT2D eigenvalue weighted by Crippen LogP contribution is 2.23. The molecule has 1 saturated heterocycles. The number of rotatable bonds is 3. The van der Waals surface area contributed by atoms with Gasteiger partial charge in [-0.15, -0.1) is 0 Å². The van der Waals surface area contributed by atoms with E-state index in [2.05, 4.69) is 10.2 Å². The van der Waals surface area contributed by atoms with Crippen LogP contribution in [-0.2, 0) is 16.8 Å². The number of hydrogen-bond donors (Lipinski definition) is 2. The van der Waals surface area contributed by atoms with Crippen molar-refractivity contribution in [3.8, 4) is 0 Å². The summed E-state index contributed by atoms with van der Waals surface area (Å²) >= 11 is -1.95. The molecule has 1 unspecified atom stereocenters. The number of nitrogens with one attached hydrogen (secondary N) is 1. The Kier molecular flexibility index (Phi) is 4.09. The molecule has 0 amide bonds. The van der Waals surface area contributed by atoms with Gasteiger partial charge in [-0.3, -0.25) is 0 Å². The third-order valence-electron chi connectivity index (χ3n) is 2.78. The van der Waals surface area contributed by atoms with Gasteiger partial charge in [-0.2, -0.15) is 0 Å². The highest BCUT2D eigenvalue weighted by Gasteiger charge is 2.15. The molecule has 1 atom stereocenters. The number of nitrogens with zero attached hydrogens (tertiary/aromatic N) is 1. The fraction of sp³-hybridized carbons (Fsp3) is 0.455. The van der Waals surface area contributed by atoms with E-state index in [1.54, 1.807) is 6.07 Å². The molecule has 0 radical (unpaired) electrons. The first-order valence-corrected chi connectivity index (χ1v) is 6.76. The van der Waals surface area contributed by atoms with Crippen LogP contribution in [-0.4, -0.2) is 34.9 Å². The Labute approximate surface area is 102 Å². The molecule has 94 valence electrons. The molecule has 0 saturated carbocycles. The summed E-state index contributed by atoms with van der Waals surface area (Å²) in [4.78, 5) is 2.11. The first-order chi connectivity index (χ1) is 8.16. The molecule has 0 aromatic heterocycles. The SMILES string of the molecule is O=S(O)Cc1cc(F)ccc1N1CCNCC1. The zero-order valence-electron chi connectivity index (χ0n) is 9.36. The van der Waals surface area contributed by atoms with Crippen molar-refractivity contribution in [2.24, 2.45) is 0 Å². The van der Waals surface area contributed by atoms with Crippen molar-refractivity contribution in [1.29, 1.82) is 0 Å². The lowest BCUT2D eigenvalue weighted by molar-refractivity contribution is 0.562. The standard InChI is InChI=1S/C11H15FN2O2S/c12-10-1-2-11(9(7-10)8-17(15)16)14-5-3-13-4-6-14/h1-2,7,13H,3-6,8H2,(H,15,16). The van der Waals surface area contributed by atoms with Gasteiger partial charge in [0.05, 0.1) is 5.75 Å². The van der Waals surface area contributed by atoms with Crippen molar-refractivity contribution < 1.29 is 13.2 Å². The largest absolute Gasteiger partial charge is 0.369 e. The quantitative estimate of drug-likeness (QED) is 0.793. The third-order valence-corrected chi connectivity index (χ3v) is 3.34. The molecule has 1 aliphatic heterocycles. The van der Waals surface area contributed by atoms with Crippen LogP contribution in [0.1, 0.15) is 5.56 Å². The minimum atomic E-state index is -1.95. The molecule has 1 heterocycles. The molecule has 0 spiro atoms. The average molecular weight is 258 g/mol. The normalized spacial score (nSPS) is 18.1. The molecule has 6 heteroatoms. The van der Waals surface area contributed by atoms with Crippen LogP contribution in [0.4, 0.5) is 10.1 Å². The van der Waals surface area contributed by atoms with Crippen LogP contribution < -0.4 is 10.2 Å². The summed E-state index contributed by atoms with van der Waals surface area (Å²) in [6, 6.07) is 4.41. The Hall–Kier alpha value is -0.980. The zero-order chi connectivity index (χ0) is 12.3. The second-order valence-electron chi connectivity index (χ2n) is 3.98. The molecule has 1 aromatic rings. The van der Waals surface area contributed by atoms with Crippen molar-refractivity contribution in [2.45, 2.75) is 5.75 Å². The average Bonchev–Trinajstić information content (AvgIpc) is 2.29. The summed E-state index contributed by atoms with van der Waals surface area (Å²) < 4.78 is 33.0. The van der Waals surface area contributed by atoms with Crippen LogP contribution in [0.25, 0.3) is 0 Å². The van der Waals surface area contributed by atoms with Crippen molar-refractivity contribution >= 4 is 16.8 Å². The van der Waals surface area contributed by atoms with E-state index in [0.717, 1.165) is 31.9 Å². The maximum Gasteiger partial charge on any atom is 0.157 e. The Morgan fingerprint density at radius 2 is 2.12 bits per heavy atom. The highest BCUT2D eigenvalue weighted by molar-refractivity contribution is 7.78. The van der Waals surface area contributed by atoms with E-state index in [0.29, 0.717) is 5.56 Å². The molecular formula is C11H15FN2O2S. The molecule has 2 N–H and O–H groups in total. The Morgan fingerprint density at radius 1 is 1.41 bits per heavy atom. The van der Waals surface area contributed by atoms with Crippen molar-refractivity contribution in [3.05, 3.63) is 29.6 Å². The second-order valence-corrected chi connectivity index (χ2v) is 4.91. The second kappa shape index (κ2) is 5.57. The van der Waals surface area contributed by atoms with E-state index >= 15 is 0 Å². The summed E-state index contributed by atoms with van der Waals surface area (Å²) in [6.45, 7) is 3.41. The monoisotopic (exact) mass is 258 g/mol. The van der Waals surface area contributed by atoms with Gasteiger partial charge in [-0.1, -0.05) is 0 Å². The molecule has 0 aliphatic carbocycles. The predicted octanol–water partition coefficient (Wildman–Crippen LogP) is 0.957. The number of anilines is 1. The highest BCUT2D eigenvalue weighted by atomic mass is 32.2. The number of piperazine rings is 1. The zero-order valence-corrected chi connectivity index (χ0v) is 10.2. The van der Waals surface area contributed by atoms with Gasteiger partial charge < -0.3 is 14.8 Å². The number of halogens is 1. The minimum Gasteiger partial charge on any atom is -0.369 e. The first kappa shape index (κ1) is 12.5. The number of benzene rings is 1. The van der Waals surface area contributed by atoms with Crippen molar-refractivity contribution in [3.63, 3.8) is 0 Å². The van der Waals surface area contributed by atoms with E-state index in [4.69, 9.17) is 4.55 Å².